The van der Waals surface area contributed by atoms with Crippen LogP contribution in [0.3, 0.4) is 0 Å². The van der Waals surface area contributed by atoms with Crippen molar-refractivity contribution in [3.05, 3.63) is 59.7 Å². The number of hydrogen-bond donors (Lipinski definition) is 1. The van der Waals surface area contributed by atoms with Crippen LogP contribution in [-0.2, 0) is 27.8 Å². The monoisotopic (exact) mass is 472 g/mol. The van der Waals surface area contributed by atoms with E-state index in [0.29, 0.717) is 30.8 Å². The normalized spacial score (nSPS) is 15.2. The number of piperidine rings is 1. The summed E-state index contributed by atoms with van der Waals surface area (Å²) in [7, 11) is -1.97. The Hall–Kier alpha value is -2.38. The fourth-order valence-corrected chi connectivity index (χ4v) is 5.50. The molecule has 6 nitrogen and oxygen atoms in total. The Kier molecular flexibility index (Phi) is 8.92. The number of carboxylic acid groups (broad SMARTS) is 1. The van der Waals surface area contributed by atoms with Crippen molar-refractivity contribution in [3.63, 3.8) is 0 Å². The zero-order valence-corrected chi connectivity index (χ0v) is 20.6. The third kappa shape index (κ3) is 6.81. The summed E-state index contributed by atoms with van der Waals surface area (Å²) in [5.74, 6) is -0.997. The molecule has 1 saturated heterocycles. The molecule has 0 spiro atoms. The number of aryl methyl sites for hydroxylation is 1. The van der Waals surface area contributed by atoms with Crippen molar-refractivity contribution >= 4 is 21.7 Å². The Labute approximate surface area is 198 Å². The van der Waals surface area contributed by atoms with Gasteiger partial charge in [-0.1, -0.05) is 50.5 Å². The summed E-state index contributed by atoms with van der Waals surface area (Å²) in [4.78, 5) is 13.7. The Bertz CT molecular complexity index is 1010. The average Bonchev–Trinajstić information content (AvgIpc) is 2.82. The van der Waals surface area contributed by atoms with Crippen molar-refractivity contribution in [1.29, 1.82) is 0 Å². The molecule has 0 unspecified atom stereocenters. The molecule has 1 N–H and O–H groups in total. The lowest BCUT2D eigenvalue weighted by molar-refractivity contribution is -0.142. The van der Waals surface area contributed by atoms with Gasteiger partial charge >= 0.3 is 5.97 Å². The fraction of sp³-hybridized carbons (Fsp3) is 0.500. The number of hydrogen-bond acceptors (Lipinski definition) is 4. The van der Waals surface area contributed by atoms with E-state index in [1.165, 1.54) is 29.1 Å². The second kappa shape index (κ2) is 11.7. The Balaban J connectivity index is 1.61. The molecule has 2 aromatic carbocycles. The van der Waals surface area contributed by atoms with Crippen LogP contribution in [0, 0.1) is 5.92 Å². The van der Waals surface area contributed by atoms with Crippen molar-refractivity contribution in [2.24, 2.45) is 5.92 Å². The van der Waals surface area contributed by atoms with Gasteiger partial charge < -0.3 is 10.0 Å². The van der Waals surface area contributed by atoms with Crippen LogP contribution in [0.15, 0.2) is 53.4 Å². The van der Waals surface area contributed by atoms with Crippen LogP contribution in [0.5, 0.6) is 0 Å². The number of aliphatic carboxylic acids is 1. The minimum absolute atomic E-state index is 0.275. The summed E-state index contributed by atoms with van der Waals surface area (Å²) < 4.78 is 27.6. The molecule has 0 aromatic heterocycles. The molecule has 0 saturated carbocycles. The molecule has 0 atom stereocenters. The van der Waals surface area contributed by atoms with Crippen molar-refractivity contribution in [2.45, 2.75) is 63.3 Å². The number of carbonyl (C=O) groups is 1. The van der Waals surface area contributed by atoms with Crippen LogP contribution in [0.25, 0.3) is 0 Å². The van der Waals surface area contributed by atoms with Crippen LogP contribution >= 0.6 is 0 Å². The van der Waals surface area contributed by atoms with Gasteiger partial charge in [0.1, 0.15) is 0 Å². The standard InChI is InChI=1S/C26H36N2O4S/c1-3-4-5-6-8-21-11-13-25(14-12-21)33(31,32)27(2)20-22-9-7-10-24(19-22)28-17-15-23(16-18-28)26(29)30/h7,9-14,19,23H,3-6,8,15-18,20H2,1-2H3,(H,29,30). The van der Waals surface area contributed by atoms with Crippen molar-refractivity contribution < 1.29 is 18.3 Å². The van der Waals surface area contributed by atoms with Crippen LogP contribution in [-0.4, -0.2) is 43.9 Å². The molecule has 0 radical (unpaired) electrons. The van der Waals surface area contributed by atoms with Gasteiger partial charge in [-0.15, -0.1) is 0 Å². The third-order valence-corrected chi connectivity index (χ3v) is 8.29. The molecule has 3 rings (SSSR count). The van der Waals surface area contributed by atoms with Crippen molar-refractivity contribution in [1.82, 2.24) is 4.31 Å². The molecular formula is C26H36N2O4S. The van der Waals surface area contributed by atoms with E-state index in [1.807, 2.05) is 36.4 Å². The van der Waals surface area contributed by atoms with E-state index in [9.17, 15) is 18.3 Å². The minimum Gasteiger partial charge on any atom is -0.481 e. The van der Waals surface area contributed by atoms with Gasteiger partial charge in [-0.05, 0) is 61.1 Å². The molecule has 33 heavy (non-hydrogen) atoms. The van der Waals surface area contributed by atoms with Crippen LogP contribution in [0.4, 0.5) is 5.69 Å². The van der Waals surface area contributed by atoms with Gasteiger partial charge in [0.15, 0.2) is 0 Å². The second-order valence-electron chi connectivity index (χ2n) is 8.99. The molecule has 180 valence electrons. The van der Waals surface area contributed by atoms with E-state index in [-0.39, 0.29) is 12.5 Å². The maximum atomic E-state index is 13.1. The third-order valence-electron chi connectivity index (χ3n) is 6.48. The number of sulfonamides is 1. The average molecular weight is 473 g/mol. The highest BCUT2D eigenvalue weighted by Crippen LogP contribution is 2.25. The van der Waals surface area contributed by atoms with E-state index >= 15 is 0 Å². The van der Waals surface area contributed by atoms with E-state index < -0.39 is 16.0 Å². The van der Waals surface area contributed by atoms with Crippen molar-refractivity contribution in [3.8, 4) is 0 Å². The molecule has 0 aliphatic carbocycles. The summed E-state index contributed by atoms with van der Waals surface area (Å²) in [6.45, 7) is 3.86. The largest absolute Gasteiger partial charge is 0.481 e. The Morgan fingerprint density at radius 3 is 2.36 bits per heavy atom. The summed E-state index contributed by atoms with van der Waals surface area (Å²) in [5, 5.41) is 9.20. The Morgan fingerprint density at radius 2 is 1.73 bits per heavy atom. The quantitative estimate of drug-likeness (QED) is 0.469. The van der Waals surface area contributed by atoms with Crippen molar-refractivity contribution in [2.75, 3.05) is 25.0 Å². The van der Waals surface area contributed by atoms with Crippen LogP contribution in [0.1, 0.15) is 56.6 Å². The maximum absolute atomic E-state index is 13.1. The first-order valence-corrected chi connectivity index (χ1v) is 13.4. The highest BCUT2D eigenvalue weighted by atomic mass is 32.2. The first-order chi connectivity index (χ1) is 15.8. The summed E-state index contributed by atoms with van der Waals surface area (Å²) in [6, 6.07) is 15.1. The van der Waals surface area contributed by atoms with Gasteiger partial charge in [-0.3, -0.25) is 4.79 Å². The number of carboxylic acids is 1. The highest BCUT2D eigenvalue weighted by molar-refractivity contribution is 7.89. The maximum Gasteiger partial charge on any atom is 0.306 e. The molecule has 2 aromatic rings. The molecule has 1 fully saturated rings. The number of unbranched alkanes of at least 4 members (excludes halogenated alkanes) is 3. The minimum atomic E-state index is -3.58. The van der Waals surface area contributed by atoms with Gasteiger partial charge in [0.05, 0.1) is 10.8 Å². The SMILES string of the molecule is CCCCCCc1ccc(S(=O)(=O)N(C)Cc2cccc(N3CCC(C(=O)O)CC3)c2)cc1. The van der Waals surface area contributed by atoms with Crippen LogP contribution < -0.4 is 4.90 Å². The Morgan fingerprint density at radius 1 is 1.03 bits per heavy atom. The zero-order chi connectivity index (χ0) is 23.8. The lowest BCUT2D eigenvalue weighted by Crippen LogP contribution is -2.36. The second-order valence-corrected chi connectivity index (χ2v) is 11.0. The van der Waals surface area contributed by atoms with E-state index in [0.717, 1.165) is 24.1 Å². The molecule has 1 heterocycles. The topological polar surface area (TPSA) is 77.9 Å². The van der Waals surface area contributed by atoms with E-state index in [4.69, 9.17) is 0 Å². The molecule has 0 amide bonds. The number of nitrogens with zero attached hydrogens (tertiary/aromatic N) is 2. The summed E-state index contributed by atoms with van der Waals surface area (Å²) in [5.41, 5.74) is 3.09. The van der Waals surface area contributed by atoms with Gasteiger partial charge in [-0.2, -0.15) is 4.31 Å². The number of rotatable bonds is 11. The van der Waals surface area contributed by atoms with E-state index in [1.54, 1.807) is 19.2 Å². The predicted octanol–water partition coefficient (Wildman–Crippen LogP) is 4.93. The smallest absolute Gasteiger partial charge is 0.306 e. The summed E-state index contributed by atoms with van der Waals surface area (Å²) in [6.07, 6.45) is 7.01. The van der Waals surface area contributed by atoms with Crippen LogP contribution in [0.2, 0.25) is 0 Å². The molecule has 7 heteroatoms. The summed E-state index contributed by atoms with van der Waals surface area (Å²) >= 11 is 0. The highest BCUT2D eigenvalue weighted by Gasteiger charge is 2.25. The first kappa shape index (κ1) is 25.2. The fourth-order valence-electron chi connectivity index (χ4n) is 4.34. The molecule has 0 bridgehead atoms. The predicted molar refractivity (Wildman–Crippen MR) is 132 cm³/mol. The van der Waals surface area contributed by atoms with Gasteiger partial charge in [0.2, 0.25) is 10.0 Å². The zero-order valence-electron chi connectivity index (χ0n) is 19.7. The van der Waals surface area contributed by atoms with Gasteiger partial charge in [-0.25, -0.2) is 8.42 Å². The van der Waals surface area contributed by atoms with E-state index in [2.05, 4.69) is 11.8 Å². The lowest BCUT2D eigenvalue weighted by atomic mass is 9.96. The van der Waals surface area contributed by atoms with Gasteiger partial charge in [0.25, 0.3) is 0 Å². The van der Waals surface area contributed by atoms with Gasteiger partial charge in [0, 0.05) is 32.4 Å². The number of anilines is 1. The first-order valence-electron chi connectivity index (χ1n) is 11.9. The number of benzene rings is 2. The molecule has 1 aliphatic rings. The lowest BCUT2D eigenvalue weighted by Gasteiger charge is -2.32. The molecular weight excluding hydrogens is 436 g/mol. The molecule has 1 aliphatic heterocycles.